The standard InChI is InChI=1S/C17H34O2/c1-3-4-5-11-14-17(19)15-12-9-7-6-8-10-13-16(2)18/h17,19H,3-15H2,1-2H3. The Kier molecular flexibility index (Phi) is 13.8. The molecule has 0 rings (SSSR count). The van der Waals surface area contributed by atoms with E-state index in [2.05, 4.69) is 6.92 Å². The molecule has 19 heavy (non-hydrogen) atoms. The number of rotatable bonds is 14. The highest BCUT2D eigenvalue weighted by Crippen LogP contribution is 2.13. The van der Waals surface area contributed by atoms with Crippen LogP contribution in [0.1, 0.15) is 97.3 Å². The van der Waals surface area contributed by atoms with Crippen LogP contribution < -0.4 is 0 Å². The third-order valence-corrected chi connectivity index (χ3v) is 3.71. The first-order valence-electron chi connectivity index (χ1n) is 8.34. The van der Waals surface area contributed by atoms with Gasteiger partial charge in [-0.15, -0.1) is 0 Å². The van der Waals surface area contributed by atoms with Gasteiger partial charge in [-0.1, -0.05) is 64.7 Å². The molecule has 0 aromatic heterocycles. The molecule has 0 aromatic carbocycles. The molecule has 0 aromatic rings. The van der Waals surface area contributed by atoms with Crippen LogP contribution in [0, 0.1) is 0 Å². The summed E-state index contributed by atoms with van der Waals surface area (Å²) in [6, 6.07) is 0. The molecule has 0 aliphatic heterocycles. The average Bonchev–Trinajstić information content (AvgIpc) is 2.37. The Hall–Kier alpha value is -0.370. The summed E-state index contributed by atoms with van der Waals surface area (Å²) in [4.78, 5) is 10.8. The lowest BCUT2D eigenvalue weighted by Gasteiger charge is -2.09. The summed E-state index contributed by atoms with van der Waals surface area (Å²) >= 11 is 0. The van der Waals surface area contributed by atoms with E-state index in [-0.39, 0.29) is 6.10 Å². The second kappa shape index (κ2) is 14.0. The Morgan fingerprint density at radius 1 is 0.842 bits per heavy atom. The molecule has 0 amide bonds. The van der Waals surface area contributed by atoms with Gasteiger partial charge in [0.1, 0.15) is 5.78 Å². The minimum atomic E-state index is -0.0745. The Morgan fingerprint density at radius 3 is 1.84 bits per heavy atom. The first-order chi connectivity index (χ1) is 9.16. The van der Waals surface area contributed by atoms with Crippen LogP contribution in [0.3, 0.4) is 0 Å². The SMILES string of the molecule is CCCCCCC(O)CCCCCCCCC(C)=O. The van der Waals surface area contributed by atoms with Crippen molar-refractivity contribution in [3.05, 3.63) is 0 Å². The Balaban J connectivity index is 3.14. The fourth-order valence-electron chi connectivity index (χ4n) is 2.41. The zero-order chi connectivity index (χ0) is 14.3. The molecule has 0 spiro atoms. The maximum absolute atomic E-state index is 10.8. The van der Waals surface area contributed by atoms with Gasteiger partial charge in [-0.05, 0) is 26.2 Å². The van der Waals surface area contributed by atoms with Crippen molar-refractivity contribution in [3.8, 4) is 0 Å². The lowest BCUT2D eigenvalue weighted by Crippen LogP contribution is -2.05. The number of aliphatic hydroxyl groups is 1. The minimum absolute atomic E-state index is 0.0745. The van der Waals surface area contributed by atoms with Crippen molar-refractivity contribution >= 4 is 5.78 Å². The minimum Gasteiger partial charge on any atom is -0.393 e. The van der Waals surface area contributed by atoms with Crippen molar-refractivity contribution < 1.29 is 9.90 Å². The van der Waals surface area contributed by atoms with Gasteiger partial charge >= 0.3 is 0 Å². The Bertz CT molecular complexity index is 201. The number of ketones is 1. The smallest absolute Gasteiger partial charge is 0.129 e. The highest BCUT2D eigenvalue weighted by Gasteiger charge is 2.03. The maximum atomic E-state index is 10.8. The highest BCUT2D eigenvalue weighted by atomic mass is 16.3. The van der Waals surface area contributed by atoms with E-state index >= 15 is 0 Å². The number of hydrogen-bond acceptors (Lipinski definition) is 2. The second-order valence-electron chi connectivity index (χ2n) is 5.87. The van der Waals surface area contributed by atoms with Gasteiger partial charge in [0, 0.05) is 6.42 Å². The van der Waals surface area contributed by atoms with Crippen molar-refractivity contribution in [1.29, 1.82) is 0 Å². The van der Waals surface area contributed by atoms with Crippen LogP contribution in [-0.4, -0.2) is 17.0 Å². The molecule has 2 heteroatoms. The Labute approximate surface area is 120 Å². The van der Waals surface area contributed by atoms with Crippen LogP contribution in [0.15, 0.2) is 0 Å². The summed E-state index contributed by atoms with van der Waals surface area (Å²) < 4.78 is 0. The topological polar surface area (TPSA) is 37.3 Å². The summed E-state index contributed by atoms with van der Waals surface area (Å²) in [5.74, 6) is 0.311. The van der Waals surface area contributed by atoms with Crippen LogP contribution in [0.2, 0.25) is 0 Å². The predicted molar refractivity (Wildman–Crippen MR) is 82.4 cm³/mol. The van der Waals surface area contributed by atoms with Gasteiger partial charge in [-0.3, -0.25) is 0 Å². The monoisotopic (exact) mass is 270 g/mol. The van der Waals surface area contributed by atoms with E-state index < -0.39 is 0 Å². The molecule has 0 saturated carbocycles. The fraction of sp³-hybridized carbons (Fsp3) is 0.941. The molecule has 1 unspecified atom stereocenters. The summed E-state index contributed by atoms with van der Waals surface area (Å²) in [5, 5.41) is 9.81. The predicted octanol–water partition coefficient (Wildman–Crippen LogP) is 5.03. The van der Waals surface area contributed by atoms with Crippen molar-refractivity contribution in [2.45, 2.75) is 103 Å². The quantitative estimate of drug-likeness (QED) is 0.450. The van der Waals surface area contributed by atoms with Crippen LogP contribution in [0.4, 0.5) is 0 Å². The van der Waals surface area contributed by atoms with Gasteiger partial charge in [0.05, 0.1) is 6.10 Å². The molecule has 0 fully saturated rings. The molecular formula is C17H34O2. The van der Waals surface area contributed by atoms with Crippen molar-refractivity contribution in [3.63, 3.8) is 0 Å². The van der Waals surface area contributed by atoms with Gasteiger partial charge in [0.2, 0.25) is 0 Å². The van der Waals surface area contributed by atoms with Crippen LogP contribution in [0.5, 0.6) is 0 Å². The van der Waals surface area contributed by atoms with Crippen LogP contribution >= 0.6 is 0 Å². The van der Waals surface area contributed by atoms with E-state index in [1.807, 2.05) is 0 Å². The molecule has 1 atom stereocenters. The lowest BCUT2D eigenvalue weighted by molar-refractivity contribution is -0.117. The summed E-state index contributed by atoms with van der Waals surface area (Å²) in [6.07, 6.45) is 14.7. The zero-order valence-corrected chi connectivity index (χ0v) is 13.1. The highest BCUT2D eigenvalue weighted by molar-refractivity contribution is 5.75. The molecule has 2 nitrogen and oxygen atoms in total. The largest absolute Gasteiger partial charge is 0.393 e. The number of hydrogen-bond donors (Lipinski definition) is 1. The molecule has 0 saturated heterocycles. The van der Waals surface area contributed by atoms with Crippen molar-refractivity contribution in [1.82, 2.24) is 0 Å². The molecule has 0 radical (unpaired) electrons. The second-order valence-corrected chi connectivity index (χ2v) is 5.87. The van der Waals surface area contributed by atoms with E-state index in [9.17, 15) is 9.90 Å². The number of unbranched alkanes of at least 4 members (excludes halogenated alkanes) is 8. The molecule has 0 heterocycles. The fourth-order valence-corrected chi connectivity index (χ4v) is 2.41. The Morgan fingerprint density at radius 2 is 1.32 bits per heavy atom. The van der Waals surface area contributed by atoms with Gasteiger partial charge in [0.15, 0.2) is 0 Å². The van der Waals surface area contributed by atoms with Crippen molar-refractivity contribution in [2.24, 2.45) is 0 Å². The third kappa shape index (κ3) is 15.6. The molecule has 0 bridgehead atoms. The van der Waals surface area contributed by atoms with Gasteiger partial charge in [-0.2, -0.15) is 0 Å². The molecule has 0 aliphatic carbocycles. The van der Waals surface area contributed by atoms with Gasteiger partial charge in [-0.25, -0.2) is 0 Å². The third-order valence-electron chi connectivity index (χ3n) is 3.71. The first-order valence-corrected chi connectivity index (χ1v) is 8.34. The van der Waals surface area contributed by atoms with Crippen LogP contribution in [-0.2, 0) is 4.79 Å². The van der Waals surface area contributed by atoms with E-state index in [0.29, 0.717) is 5.78 Å². The van der Waals surface area contributed by atoms with E-state index in [1.165, 1.54) is 51.4 Å². The molecular weight excluding hydrogens is 236 g/mol. The maximum Gasteiger partial charge on any atom is 0.129 e. The normalized spacial score (nSPS) is 12.6. The van der Waals surface area contributed by atoms with E-state index in [0.717, 1.165) is 32.1 Å². The van der Waals surface area contributed by atoms with E-state index in [4.69, 9.17) is 0 Å². The zero-order valence-electron chi connectivity index (χ0n) is 13.1. The number of Topliss-reactive ketones (excluding diaryl/α,β-unsaturated/α-hetero) is 1. The first kappa shape index (κ1) is 18.6. The molecule has 1 N–H and O–H groups in total. The molecule has 114 valence electrons. The molecule has 0 aliphatic rings. The lowest BCUT2D eigenvalue weighted by atomic mass is 10.0. The summed E-state index contributed by atoms with van der Waals surface area (Å²) in [5.41, 5.74) is 0. The average molecular weight is 270 g/mol. The van der Waals surface area contributed by atoms with Gasteiger partial charge in [0.25, 0.3) is 0 Å². The number of aliphatic hydroxyl groups excluding tert-OH is 1. The van der Waals surface area contributed by atoms with Gasteiger partial charge < -0.3 is 9.90 Å². The van der Waals surface area contributed by atoms with Crippen molar-refractivity contribution in [2.75, 3.05) is 0 Å². The number of carbonyl (C=O) groups excluding carboxylic acids is 1. The number of carbonyl (C=O) groups is 1. The van der Waals surface area contributed by atoms with E-state index in [1.54, 1.807) is 6.92 Å². The summed E-state index contributed by atoms with van der Waals surface area (Å²) in [6.45, 7) is 3.88. The summed E-state index contributed by atoms with van der Waals surface area (Å²) in [7, 11) is 0. The van der Waals surface area contributed by atoms with Crippen LogP contribution in [0.25, 0.3) is 0 Å².